The summed E-state index contributed by atoms with van der Waals surface area (Å²) in [7, 11) is 1.34. The van der Waals surface area contributed by atoms with Gasteiger partial charge in [-0.3, -0.25) is 4.79 Å². The molecule has 3 unspecified atom stereocenters. The molecule has 0 spiro atoms. The second-order valence-corrected chi connectivity index (χ2v) is 7.38. The molecule has 0 amide bonds. The van der Waals surface area contributed by atoms with E-state index in [1.54, 1.807) is 4.81 Å². The molecule has 2 aliphatic rings. The molecule has 0 bridgehead atoms. The van der Waals surface area contributed by atoms with Gasteiger partial charge in [-0.05, 0) is 49.1 Å². The van der Waals surface area contributed by atoms with Crippen LogP contribution in [0.1, 0.15) is 54.3 Å². The summed E-state index contributed by atoms with van der Waals surface area (Å²) in [6.07, 6.45) is 3.59. The summed E-state index contributed by atoms with van der Waals surface area (Å²) in [4.78, 5) is 25.6. The van der Waals surface area contributed by atoms with Gasteiger partial charge >= 0.3 is 0 Å². The van der Waals surface area contributed by atoms with Crippen LogP contribution >= 0.6 is 11.3 Å². The third-order valence-electron chi connectivity index (χ3n) is 4.68. The molecule has 2 aliphatic heterocycles. The van der Waals surface area contributed by atoms with Crippen molar-refractivity contribution in [3.05, 3.63) is 21.4 Å². The molecule has 3 rings (SSSR count). The normalized spacial score (nSPS) is 26.9. The van der Waals surface area contributed by atoms with E-state index in [-0.39, 0.29) is 18.6 Å². The second kappa shape index (κ2) is 8.55. The first-order valence-electron chi connectivity index (χ1n) is 8.68. The van der Waals surface area contributed by atoms with Gasteiger partial charge in [-0.2, -0.15) is 0 Å². The van der Waals surface area contributed by atoms with Crippen molar-refractivity contribution in [2.24, 2.45) is 0 Å². The third kappa shape index (κ3) is 4.20. The maximum Gasteiger partial charge on any atom is 0.294 e. The minimum Gasteiger partial charge on any atom is -0.386 e. The molecule has 0 saturated carbocycles. The van der Waals surface area contributed by atoms with Gasteiger partial charge in [0.1, 0.15) is 11.9 Å². The molecule has 25 heavy (non-hydrogen) atoms. The number of aliphatic hydroxyl groups excluding tert-OH is 1. The predicted octanol–water partition coefficient (Wildman–Crippen LogP) is 1.62. The van der Waals surface area contributed by atoms with Crippen LogP contribution in [-0.4, -0.2) is 55.3 Å². The lowest BCUT2D eigenvalue weighted by Crippen LogP contribution is -2.43. The van der Waals surface area contributed by atoms with E-state index in [1.165, 1.54) is 25.7 Å². The first kappa shape index (κ1) is 18.7. The van der Waals surface area contributed by atoms with E-state index < -0.39 is 12.1 Å². The molecule has 8 heteroatoms. The Kier molecular flexibility index (Phi) is 6.41. The summed E-state index contributed by atoms with van der Waals surface area (Å²) in [6.45, 7) is 3.02. The molecule has 3 heterocycles. The molecule has 1 fully saturated rings. The van der Waals surface area contributed by atoms with Crippen molar-refractivity contribution in [2.75, 3.05) is 19.8 Å². The molecule has 1 saturated heterocycles. The van der Waals surface area contributed by atoms with Gasteiger partial charge in [0.05, 0.1) is 18.8 Å². The Bertz CT molecular complexity index is 616. The summed E-state index contributed by atoms with van der Waals surface area (Å²) in [5.74, 6) is -0.0394. The van der Waals surface area contributed by atoms with Gasteiger partial charge < -0.3 is 24.2 Å². The number of hydrogen-bond donors (Lipinski definition) is 1. The Morgan fingerprint density at radius 2 is 2.40 bits per heavy atom. The Hall–Kier alpha value is -1.06. The highest BCUT2D eigenvalue weighted by atomic mass is 32.1. The zero-order valence-corrected chi connectivity index (χ0v) is 15.2. The highest BCUT2D eigenvalue weighted by Crippen LogP contribution is 2.41. The van der Waals surface area contributed by atoms with Crippen molar-refractivity contribution in [3.8, 4) is 0 Å². The average Bonchev–Trinajstić information content (AvgIpc) is 3.00. The fraction of sp³-hybridized carbons (Fsp3) is 0.647. The number of rotatable bonds is 7. The lowest BCUT2D eigenvalue weighted by Gasteiger charge is -2.36. The Morgan fingerprint density at radius 1 is 1.56 bits per heavy atom. The quantitative estimate of drug-likeness (QED) is 0.585. The second-order valence-electron chi connectivity index (χ2n) is 6.47. The number of β-amino-alcohol motifs (C(OH)–C–C–N with tert-alkyl or cyclic N) is 1. The van der Waals surface area contributed by atoms with Crippen LogP contribution in [-0.2, 0) is 25.5 Å². The summed E-state index contributed by atoms with van der Waals surface area (Å²) < 4.78 is 11.4. The minimum absolute atomic E-state index is 0.0394. The van der Waals surface area contributed by atoms with Gasteiger partial charge in [-0.25, -0.2) is 0 Å². The van der Waals surface area contributed by atoms with E-state index in [9.17, 15) is 14.7 Å². The number of carbonyl (C=O) groups is 2. The van der Waals surface area contributed by atoms with Crippen LogP contribution in [0.3, 0.4) is 0 Å². The molecular formula is C17H23BNO5S. The van der Waals surface area contributed by atoms with Crippen molar-refractivity contribution in [1.29, 1.82) is 0 Å². The molecular weight excluding hydrogens is 341 g/mol. The van der Waals surface area contributed by atoms with E-state index in [0.717, 1.165) is 41.9 Å². The molecule has 3 atom stereocenters. The Balaban J connectivity index is 1.73. The number of thiophene rings is 1. The first-order valence-corrected chi connectivity index (χ1v) is 9.56. The van der Waals surface area contributed by atoms with Crippen molar-refractivity contribution in [3.63, 3.8) is 0 Å². The van der Waals surface area contributed by atoms with Gasteiger partial charge in [0.15, 0.2) is 6.29 Å². The van der Waals surface area contributed by atoms with Gasteiger partial charge in [0.2, 0.25) is 0 Å². The molecule has 0 aliphatic carbocycles. The number of fused-ring (bicyclic) bond motifs is 1. The maximum absolute atomic E-state index is 12.2. The molecule has 1 N–H and O–H groups in total. The molecule has 1 radical (unpaired) electrons. The van der Waals surface area contributed by atoms with Crippen molar-refractivity contribution in [2.45, 2.75) is 51.0 Å². The third-order valence-corrected chi connectivity index (χ3v) is 5.83. The van der Waals surface area contributed by atoms with Crippen molar-refractivity contribution < 1.29 is 24.2 Å². The van der Waals surface area contributed by atoms with E-state index in [2.05, 4.69) is 0 Å². The fourth-order valence-electron chi connectivity index (χ4n) is 3.54. The number of Topliss-reactive ketones (excluding diaryl/α,β-unsaturated/α-hetero) is 1. The molecule has 1 aromatic rings. The number of hydrogen-bond acceptors (Lipinski definition) is 7. The standard InChI is InChI=1S/C17H23BNO5S/c1-11(21)16-15-12(5-7-24-14-4-2-3-6-23-14)9-25-17(15)13(22)8-19(16)18-10-20/h9-10,13-14,16,22H,2-8H2,1H3. The Morgan fingerprint density at radius 3 is 3.08 bits per heavy atom. The summed E-state index contributed by atoms with van der Waals surface area (Å²) >= 11 is 1.47. The van der Waals surface area contributed by atoms with Gasteiger partial charge in [0, 0.05) is 18.0 Å². The number of nitrogens with zero attached hydrogens (tertiary/aromatic N) is 1. The smallest absolute Gasteiger partial charge is 0.294 e. The highest BCUT2D eigenvalue weighted by Gasteiger charge is 2.37. The molecule has 1 aromatic heterocycles. The van der Waals surface area contributed by atoms with Crippen LogP contribution in [0.25, 0.3) is 0 Å². The zero-order valence-electron chi connectivity index (χ0n) is 14.3. The SMILES string of the molecule is CC(=O)C1c2c(CCOC3CCCCO3)csc2C(O)CN1[B]C=O. The summed E-state index contributed by atoms with van der Waals surface area (Å²) in [5, 5.41) is 12.4. The number of carbonyl (C=O) groups excluding carboxylic acids is 2. The van der Waals surface area contributed by atoms with E-state index in [0.29, 0.717) is 19.2 Å². The topological polar surface area (TPSA) is 76.1 Å². The van der Waals surface area contributed by atoms with Gasteiger partial charge in [0.25, 0.3) is 7.41 Å². The maximum atomic E-state index is 12.2. The molecule has 0 aromatic carbocycles. The van der Waals surface area contributed by atoms with Crippen LogP contribution < -0.4 is 0 Å². The zero-order chi connectivity index (χ0) is 17.8. The van der Waals surface area contributed by atoms with Crippen LogP contribution in [0.5, 0.6) is 0 Å². The summed E-state index contributed by atoms with van der Waals surface area (Å²) in [6, 6.07) is -0.518. The predicted molar refractivity (Wildman–Crippen MR) is 95.2 cm³/mol. The van der Waals surface area contributed by atoms with E-state index >= 15 is 0 Å². The number of aliphatic hydroxyl groups is 1. The van der Waals surface area contributed by atoms with Crippen molar-refractivity contribution >= 4 is 30.7 Å². The lowest BCUT2D eigenvalue weighted by atomic mass is 9.82. The number of ether oxygens (including phenoxy) is 2. The van der Waals surface area contributed by atoms with Crippen LogP contribution in [0.15, 0.2) is 5.38 Å². The Labute approximate surface area is 152 Å². The van der Waals surface area contributed by atoms with Crippen molar-refractivity contribution in [1.82, 2.24) is 4.81 Å². The van der Waals surface area contributed by atoms with Crippen LogP contribution in [0, 0.1) is 0 Å². The molecule has 6 nitrogen and oxygen atoms in total. The lowest BCUT2D eigenvalue weighted by molar-refractivity contribution is -0.161. The van der Waals surface area contributed by atoms with Gasteiger partial charge in [-0.15, -0.1) is 11.3 Å². The fourth-order valence-corrected chi connectivity index (χ4v) is 4.66. The minimum atomic E-state index is -0.692. The van der Waals surface area contributed by atoms with Gasteiger partial charge in [-0.1, -0.05) is 0 Å². The monoisotopic (exact) mass is 364 g/mol. The average molecular weight is 364 g/mol. The van der Waals surface area contributed by atoms with Crippen LogP contribution in [0.4, 0.5) is 0 Å². The highest BCUT2D eigenvalue weighted by molar-refractivity contribution is 7.10. The first-order chi connectivity index (χ1) is 12.1. The van der Waals surface area contributed by atoms with Crippen LogP contribution in [0.2, 0.25) is 0 Å². The van der Waals surface area contributed by atoms with E-state index in [1.807, 2.05) is 5.38 Å². The summed E-state index contributed by atoms with van der Waals surface area (Å²) in [5.41, 5.74) is 1.83. The largest absolute Gasteiger partial charge is 0.386 e. The molecule has 135 valence electrons. The number of ketones is 1. The van der Waals surface area contributed by atoms with E-state index in [4.69, 9.17) is 9.47 Å².